The molecule has 1 aromatic heterocycles. The summed E-state index contributed by atoms with van der Waals surface area (Å²) in [5.41, 5.74) is 0.424. The Labute approximate surface area is 108 Å². The maximum absolute atomic E-state index is 4.43. The number of anilines is 1. The highest BCUT2D eigenvalue weighted by Crippen LogP contribution is 2.30. The van der Waals surface area contributed by atoms with E-state index in [-0.39, 0.29) is 0 Å². The summed E-state index contributed by atoms with van der Waals surface area (Å²) in [7, 11) is 0. The van der Waals surface area contributed by atoms with E-state index in [4.69, 9.17) is 0 Å². The minimum Gasteiger partial charge on any atom is -0.370 e. The Bertz CT molecular complexity index is 390. The largest absolute Gasteiger partial charge is 0.370 e. The monoisotopic (exact) mass is 249 g/mol. The Balaban J connectivity index is 1.64. The molecule has 0 aromatic carbocycles. The zero-order valence-electron chi connectivity index (χ0n) is 11.1. The lowest BCUT2D eigenvalue weighted by molar-refractivity contribution is 0.313. The molecule has 1 atom stereocenters. The first-order valence-electron chi connectivity index (χ1n) is 7.02. The Morgan fingerprint density at radius 1 is 1.50 bits per heavy atom. The molecule has 0 radical (unpaired) electrons. The minimum atomic E-state index is 0.424. The lowest BCUT2D eigenvalue weighted by Crippen LogP contribution is -2.44. The van der Waals surface area contributed by atoms with Gasteiger partial charge >= 0.3 is 0 Å². The van der Waals surface area contributed by atoms with Crippen LogP contribution in [0.25, 0.3) is 0 Å². The lowest BCUT2D eigenvalue weighted by Gasteiger charge is -2.31. The number of nitrogens with one attached hydrogen (secondary N) is 3. The second-order valence-electron chi connectivity index (χ2n) is 5.61. The summed E-state index contributed by atoms with van der Waals surface area (Å²) < 4.78 is 2.13. The van der Waals surface area contributed by atoms with Crippen LogP contribution in [0.15, 0.2) is 12.3 Å². The third kappa shape index (κ3) is 2.12. The van der Waals surface area contributed by atoms with E-state index in [0.29, 0.717) is 11.5 Å². The second kappa shape index (κ2) is 4.90. The van der Waals surface area contributed by atoms with Crippen molar-refractivity contribution in [3.8, 4) is 0 Å². The second-order valence-corrected chi connectivity index (χ2v) is 5.61. The summed E-state index contributed by atoms with van der Waals surface area (Å²) in [6.07, 6.45) is 4.40. The van der Waals surface area contributed by atoms with Gasteiger partial charge in [0.25, 0.3) is 0 Å². The zero-order chi connectivity index (χ0) is 12.4. The van der Waals surface area contributed by atoms with E-state index in [0.717, 1.165) is 32.7 Å². The van der Waals surface area contributed by atoms with Crippen molar-refractivity contribution < 1.29 is 0 Å². The van der Waals surface area contributed by atoms with Crippen LogP contribution < -0.4 is 16.0 Å². The molecule has 5 nitrogen and oxygen atoms in total. The highest BCUT2D eigenvalue weighted by atomic mass is 15.4. The smallest absolute Gasteiger partial charge is 0.124 e. The van der Waals surface area contributed by atoms with Crippen molar-refractivity contribution in [3.05, 3.63) is 12.3 Å². The molecule has 3 heterocycles. The molecule has 18 heavy (non-hydrogen) atoms. The van der Waals surface area contributed by atoms with E-state index in [9.17, 15) is 0 Å². The number of rotatable bonds is 5. The van der Waals surface area contributed by atoms with E-state index in [1.54, 1.807) is 0 Å². The molecule has 5 heteroatoms. The van der Waals surface area contributed by atoms with Gasteiger partial charge in [0.2, 0.25) is 0 Å². The van der Waals surface area contributed by atoms with Crippen LogP contribution in [0.2, 0.25) is 0 Å². The fourth-order valence-electron chi connectivity index (χ4n) is 2.84. The number of nitrogens with zero attached hydrogens (tertiary/aromatic N) is 2. The average molecular weight is 249 g/mol. The first kappa shape index (κ1) is 12.0. The molecule has 2 fully saturated rings. The SMILES string of the molecule is CCC1(CNc2ccnn2C2CNC2)CCNC1. The van der Waals surface area contributed by atoms with Crippen LogP contribution in [0.5, 0.6) is 0 Å². The summed E-state index contributed by atoms with van der Waals surface area (Å²) in [6, 6.07) is 2.62. The van der Waals surface area contributed by atoms with Crippen LogP contribution in [-0.4, -0.2) is 42.5 Å². The fourth-order valence-corrected chi connectivity index (χ4v) is 2.84. The molecular weight excluding hydrogens is 226 g/mol. The number of hydrogen-bond acceptors (Lipinski definition) is 4. The molecule has 2 aliphatic rings. The van der Waals surface area contributed by atoms with Gasteiger partial charge in [0.15, 0.2) is 0 Å². The van der Waals surface area contributed by atoms with Crippen LogP contribution in [0.4, 0.5) is 5.82 Å². The van der Waals surface area contributed by atoms with Crippen LogP contribution in [0.3, 0.4) is 0 Å². The van der Waals surface area contributed by atoms with Gasteiger partial charge in [0.05, 0.1) is 12.2 Å². The highest BCUT2D eigenvalue weighted by molar-refractivity contribution is 5.35. The Kier molecular flexibility index (Phi) is 3.26. The minimum absolute atomic E-state index is 0.424. The third-order valence-electron chi connectivity index (χ3n) is 4.50. The van der Waals surface area contributed by atoms with Crippen molar-refractivity contribution in [2.24, 2.45) is 5.41 Å². The molecule has 1 aromatic rings. The Hall–Kier alpha value is -1.07. The van der Waals surface area contributed by atoms with Crippen molar-refractivity contribution >= 4 is 5.82 Å². The van der Waals surface area contributed by atoms with Crippen molar-refractivity contribution in [1.82, 2.24) is 20.4 Å². The standard InChI is InChI=1S/C13H23N5/c1-2-13(4-6-14-9-13)10-16-12-3-5-17-18(12)11-7-15-8-11/h3,5,11,14-16H,2,4,6-10H2,1H3. The molecule has 2 aliphatic heterocycles. The maximum Gasteiger partial charge on any atom is 0.124 e. The van der Waals surface area contributed by atoms with Crippen LogP contribution in [0.1, 0.15) is 25.8 Å². The van der Waals surface area contributed by atoms with Gasteiger partial charge in [0.1, 0.15) is 5.82 Å². The molecule has 0 saturated carbocycles. The maximum atomic E-state index is 4.43. The molecule has 0 amide bonds. The van der Waals surface area contributed by atoms with Crippen LogP contribution in [0, 0.1) is 5.41 Å². The van der Waals surface area contributed by atoms with Crippen molar-refractivity contribution in [2.75, 3.05) is 38.0 Å². The van der Waals surface area contributed by atoms with Gasteiger partial charge in [-0.3, -0.25) is 0 Å². The zero-order valence-corrected chi connectivity index (χ0v) is 11.1. The number of aromatic nitrogens is 2. The summed E-state index contributed by atoms with van der Waals surface area (Å²) in [6.45, 7) is 7.70. The first-order chi connectivity index (χ1) is 8.83. The molecule has 0 bridgehead atoms. The molecule has 100 valence electrons. The summed E-state index contributed by atoms with van der Waals surface area (Å²) >= 11 is 0. The number of hydrogen-bond donors (Lipinski definition) is 3. The predicted octanol–water partition coefficient (Wildman–Crippen LogP) is 0.829. The lowest BCUT2D eigenvalue weighted by atomic mass is 9.84. The molecular formula is C13H23N5. The summed E-state index contributed by atoms with van der Waals surface area (Å²) in [5, 5.41) is 14.8. The van der Waals surface area contributed by atoms with Gasteiger partial charge < -0.3 is 16.0 Å². The van der Waals surface area contributed by atoms with Gasteiger partial charge in [0, 0.05) is 37.7 Å². The van der Waals surface area contributed by atoms with Crippen molar-refractivity contribution in [2.45, 2.75) is 25.8 Å². The summed E-state index contributed by atoms with van der Waals surface area (Å²) in [4.78, 5) is 0. The van der Waals surface area contributed by atoms with Crippen LogP contribution in [-0.2, 0) is 0 Å². The van der Waals surface area contributed by atoms with Crippen molar-refractivity contribution in [1.29, 1.82) is 0 Å². The van der Waals surface area contributed by atoms with E-state index < -0.39 is 0 Å². The molecule has 2 saturated heterocycles. The van der Waals surface area contributed by atoms with Gasteiger partial charge in [-0.2, -0.15) is 5.10 Å². The predicted molar refractivity (Wildman–Crippen MR) is 72.8 cm³/mol. The molecule has 3 N–H and O–H groups in total. The topological polar surface area (TPSA) is 53.9 Å². The molecule has 3 rings (SSSR count). The molecule has 1 unspecified atom stereocenters. The van der Waals surface area contributed by atoms with Gasteiger partial charge in [-0.05, 0) is 19.4 Å². The molecule has 0 spiro atoms. The average Bonchev–Trinajstić information content (AvgIpc) is 2.94. The first-order valence-corrected chi connectivity index (χ1v) is 7.02. The highest BCUT2D eigenvalue weighted by Gasteiger charge is 2.32. The van der Waals surface area contributed by atoms with E-state index >= 15 is 0 Å². The van der Waals surface area contributed by atoms with Crippen LogP contribution >= 0.6 is 0 Å². The van der Waals surface area contributed by atoms with E-state index in [1.165, 1.54) is 18.7 Å². The van der Waals surface area contributed by atoms with E-state index in [2.05, 4.69) is 38.7 Å². The van der Waals surface area contributed by atoms with Gasteiger partial charge in [-0.1, -0.05) is 6.92 Å². The quantitative estimate of drug-likeness (QED) is 0.723. The Morgan fingerprint density at radius 3 is 3.00 bits per heavy atom. The molecule has 0 aliphatic carbocycles. The summed E-state index contributed by atoms with van der Waals surface area (Å²) in [5.74, 6) is 1.17. The normalized spacial score (nSPS) is 28.3. The van der Waals surface area contributed by atoms with Gasteiger partial charge in [-0.25, -0.2) is 4.68 Å². The van der Waals surface area contributed by atoms with Gasteiger partial charge in [-0.15, -0.1) is 0 Å². The van der Waals surface area contributed by atoms with Crippen molar-refractivity contribution in [3.63, 3.8) is 0 Å². The Morgan fingerprint density at radius 2 is 2.39 bits per heavy atom. The van der Waals surface area contributed by atoms with E-state index in [1.807, 2.05) is 6.20 Å². The fraction of sp³-hybridized carbons (Fsp3) is 0.769. The third-order valence-corrected chi connectivity index (χ3v) is 4.50.